The summed E-state index contributed by atoms with van der Waals surface area (Å²) in [6.45, 7) is 0. The highest BCUT2D eigenvalue weighted by molar-refractivity contribution is 7.40. The molecule has 0 aromatic carbocycles. The van der Waals surface area contributed by atoms with Crippen molar-refractivity contribution in [1.29, 1.82) is 0 Å². The van der Waals surface area contributed by atoms with Gasteiger partial charge in [-0.1, -0.05) is 15.4 Å². The number of carboxylic acid groups (broad SMARTS) is 3. The Balaban J connectivity index is 2.54. The molecule has 0 radical (unpaired) electrons. The summed E-state index contributed by atoms with van der Waals surface area (Å²) in [6, 6.07) is -2.63. The smallest absolute Gasteiger partial charge is 0.481 e. The third-order valence-electron chi connectivity index (χ3n) is 2.84. The monoisotopic (exact) mass is 363 g/mol. The standard InChI is InChI=1S/C10H15N6O7P/c17-8(18)4-2-6(10(21)22)14-24(23)13-5(9(19)20)1-3-7-11-15-16-12-7/h5-6H,1-4H2,(H5-,11,12,13,14,15,16,17,18,19,20,21,22,23)/p+1/t5-,6-/m0/s1. The number of rotatable bonds is 12. The van der Waals surface area contributed by atoms with E-state index in [0.29, 0.717) is 0 Å². The lowest BCUT2D eigenvalue weighted by Crippen LogP contribution is -2.39. The van der Waals surface area contributed by atoms with E-state index in [1.54, 1.807) is 0 Å². The van der Waals surface area contributed by atoms with Crippen LogP contribution in [0.4, 0.5) is 0 Å². The summed E-state index contributed by atoms with van der Waals surface area (Å²) in [5.41, 5.74) is 0. The van der Waals surface area contributed by atoms with Crippen molar-refractivity contribution in [3.05, 3.63) is 5.82 Å². The van der Waals surface area contributed by atoms with Crippen LogP contribution in [0.1, 0.15) is 25.1 Å². The van der Waals surface area contributed by atoms with Crippen molar-refractivity contribution < 1.29 is 34.3 Å². The van der Waals surface area contributed by atoms with Gasteiger partial charge in [-0.3, -0.25) is 14.4 Å². The molecule has 13 nitrogen and oxygen atoms in total. The van der Waals surface area contributed by atoms with Crippen LogP contribution in [0.5, 0.6) is 0 Å². The van der Waals surface area contributed by atoms with Gasteiger partial charge >= 0.3 is 26.0 Å². The van der Waals surface area contributed by atoms with Crippen molar-refractivity contribution in [2.24, 2.45) is 0 Å². The summed E-state index contributed by atoms with van der Waals surface area (Å²) in [5, 5.41) is 43.8. The number of aromatic amines is 1. The summed E-state index contributed by atoms with van der Waals surface area (Å²) in [4.78, 5) is 32.6. The molecule has 132 valence electrons. The van der Waals surface area contributed by atoms with Crippen LogP contribution in [0.15, 0.2) is 0 Å². The maximum Gasteiger partial charge on any atom is 0.533 e. The maximum atomic E-state index is 11.9. The molecule has 0 spiro atoms. The molecule has 24 heavy (non-hydrogen) atoms. The molecule has 1 rings (SSSR count). The first-order chi connectivity index (χ1) is 11.3. The van der Waals surface area contributed by atoms with Gasteiger partial charge in [0.05, 0.1) is 0 Å². The second-order valence-corrected chi connectivity index (χ2v) is 5.74. The van der Waals surface area contributed by atoms with Crippen molar-refractivity contribution in [2.45, 2.75) is 37.8 Å². The molecule has 0 saturated carbocycles. The topological polar surface area (TPSA) is 207 Å². The lowest BCUT2D eigenvalue weighted by molar-refractivity contribution is -0.140. The Morgan fingerprint density at radius 3 is 2.12 bits per heavy atom. The van der Waals surface area contributed by atoms with Crippen molar-refractivity contribution in [2.75, 3.05) is 0 Å². The fourth-order valence-corrected chi connectivity index (χ4v) is 2.76. The highest BCUT2D eigenvalue weighted by Crippen LogP contribution is 2.16. The molecule has 0 aliphatic heterocycles. The zero-order chi connectivity index (χ0) is 18.1. The van der Waals surface area contributed by atoms with Gasteiger partial charge in [0.2, 0.25) is 0 Å². The van der Waals surface area contributed by atoms with Gasteiger partial charge in [-0.2, -0.15) is 5.21 Å². The molecule has 0 amide bonds. The summed E-state index contributed by atoms with van der Waals surface area (Å²) in [5.74, 6) is -3.60. The van der Waals surface area contributed by atoms with Gasteiger partial charge in [0.1, 0.15) is 0 Å². The van der Waals surface area contributed by atoms with Crippen LogP contribution in [0.2, 0.25) is 0 Å². The number of carbonyl (C=O) groups is 3. The minimum atomic E-state index is -2.59. The first-order valence-corrected chi connectivity index (χ1v) is 7.95. The van der Waals surface area contributed by atoms with Crippen LogP contribution < -0.4 is 10.2 Å². The molecule has 1 heterocycles. The van der Waals surface area contributed by atoms with Crippen molar-refractivity contribution >= 4 is 26.0 Å². The van der Waals surface area contributed by atoms with Gasteiger partial charge in [-0.25, -0.2) is 0 Å². The number of aliphatic carboxylic acids is 3. The fraction of sp³-hybridized carbons (Fsp3) is 0.600. The van der Waals surface area contributed by atoms with Crippen molar-refractivity contribution in [3.8, 4) is 0 Å². The van der Waals surface area contributed by atoms with E-state index in [1.807, 2.05) is 0 Å². The average Bonchev–Trinajstić information content (AvgIpc) is 3.00. The molecular weight excluding hydrogens is 347 g/mol. The quantitative estimate of drug-likeness (QED) is 0.240. The van der Waals surface area contributed by atoms with Gasteiger partial charge in [0.15, 0.2) is 17.9 Å². The zero-order valence-corrected chi connectivity index (χ0v) is 13.1. The largest absolute Gasteiger partial charge is 0.533 e. The number of carboxylic acids is 3. The predicted octanol–water partition coefficient (Wildman–Crippen LogP) is -1.26. The Morgan fingerprint density at radius 1 is 1.08 bits per heavy atom. The van der Waals surface area contributed by atoms with E-state index in [9.17, 15) is 18.9 Å². The van der Waals surface area contributed by atoms with Gasteiger partial charge in [0.25, 0.3) is 0 Å². The maximum absolute atomic E-state index is 11.9. The van der Waals surface area contributed by atoms with Gasteiger partial charge in [0, 0.05) is 12.8 Å². The number of nitrogens with one attached hydrogen (secondary N) is 3. The second-order valence-electron chi connectivity index (χ2n) is 4.63. The van der Waals surface area contributed by atoms with E-state index in [1.165, 1.54) is 0 Å². The Kier molecular flexibility index (Phi) is 7.82. The number of hydrogen-bond acceptors (Lipinski definition) is 7. The average molecular weight is 363 g/mol. The van der Waals surface area contributed by atoms with Crippen LogP contribution >= 0.6 is 8.10 Å². The zero-order valence-electron chi connectivity index (χ0n) is 12.2. The molecule has 14 heteroatoms. The molecule has 1 aromatic rings. The highest BCUT2D eigenvalue weighted by Gasteiger charge is 2.33. The lowest BCUT2D eigenvalue weighted by Gasteiger charge is -2.09. The minimum absolute atomic E-state index is 0.00944. The van der Waals surface area contributed by atoms with Crippen LogP contribution in [0, 0.1) is 0 Å². The molecule has 6 N–H and O–H groups in total. The van der Waals surface area contributed by atoms with Gasteiger partial charge in [-0.15, -0.1) is 10.2 Å². The molecule has 0 saturated heterocycles. The van der Waals surface area contributed by atoms with E-state index in [4.69, 9.17) is 15.3 Å². The Bertz CT molecular complexity index is 595. The van der Waals surface area contributed by atoms with Crippen molar-refractivity contribution in [3.63, 3.8) is 0 Å². The number of tetrazole rings is 1. The number of hydrogen-bond donors (Lipinski definition) is 6. The van der Waals surface area contributed by atoms with Gasteiger partial charge in [-0.05, 0) is 17.4 Å². The molecular formula is C10H16N6O7P+. The molecule has 1 aromatic heterocycles. The van der Waals surface area contributed by atoms with E-state index in [-0.39, 0.29) is 25.1 Å². The number of nitrogens with zero attached hydrogens (tertiary/aromatic N) is 3. The van der Waals surface area contributed by atoms with E-state index >= 15 is 0 Å². The predicted molar refractivity (Wildman–Crippen MR) is 76.1 cm³/mol. The SMILES string of the molecule is O=C(O)CC[C@H](N[P+](=O)N[C@@H](CCc1nn[nH]n1)C(=O)O)C(=O)O. The first kappa shape index (κ1) is 19.5. The normalized spacial score (nSPS) is 13.9. The molecule has 0 bridgehead atoms. The van der Waals surface area contributed by atoms with Crippen LogP contribution in [0.3, 0.4) is 0 Å². The summed E-state index contributed by atoms with van der Waals surface area (Å²) in [6.07, 6.45) is -0.600. The summed E-state index contributed by atoms with van der Waals surface area (Å²) in [7, 11) is -2.59. The molecule has 0 aliphatic rings. The Hall–Kier alpha value is -2.50. The third-order valence-corrected chi connectivity index (χ3v) is 3.93. The van der Waals surface area contributed by atoms with Crippen LogP contribution in [-0.2, 0) is 25.4 Å². The number of aryl methyl sites for hydroxylation is 1. The molecule has 1 unspecified atom stereocenters. The van der Waals surface area contributed by atoms with E-state index in [2.05, 4.69) is 30.8 Å². The van der Waals surface area contributed by atoms with E-state index < -0.39 is 44.5 Å². The first-order valence-electron chi connectivity index (χ1n) is 6.69. The second kappa shape index (κ2) is 9.60. The molecule has 0 aliphatic carbocycles. The van der Waals surface area contributed by atoms with Gasteiger partial charge < -0.3 is 15.3 Å². The number of aromatic nitrogens is 4. The fourth-order valence-electron chi connectivity index (χ4n) is 1.64. The van der Waals surface area contributed by atoms with Crippen LogP contribution in [-0.4, -0.2) is 65.9 Å². The summed E-state index contributed by atoms with van der Waals surface area (Å²) >= 11 is 0. The Labute approximate surface area is 135 Å². The number of H-pyrrole nitrogens is 1. The Morgan fingerprint density at radius 2 is 1.67 bits per heavy atom. The third kappa shape index (κ3) is 7.17. The molecule has 3 atom stereocenters. The summed E-state index contributed by atoms with van der Waals surface area (Å²) < 4.78 is 11.9. The highest BCUT2D eigenvalue weighted by atomic mass is 31.1. The van der Waals surface area contributed by atoms with E-state index in [0.717, 1.165) is 0 Å². The lowest BCUT2D eigenvalue weighted by atomic mass is 10.2. The van der Waals surface area contributed by atoms with Crippen molar-refractivity contribution in [1.82, 2.24) is 30.8 Å². The molecule has 0 fully saturated rings. The van der Waals surface area contributed by atoms with Crippen LogP contribution in [0.25, 0.3) is 0 Å². The minimum Gasteiger partial charge on any atom is -0.481 e.